The molecule has 0 atom stereocenters. The zero-order valence-electron chi connectivity index (χ0n) is 15.2. The highest BCUT2D eigenvalue weighted by atomic mass is 16.2. The van der Waals surface area contributed by atoms with Crippen LogP contribution in [-0.2, 0) is 16.0 Å². The fourth-order valence-electron chi connectivity index (χ4n) is 3.19. The van der Waals surface area contributed by atoms with E-state index in [9.17, 15) is 9.59 Å². The van der Waals surface area contributed by atoms with Crippen molar-refractivity contribution in [3.05, 3.63) is 53.7 Å². The lowest BCUT2D eigenvalue weighted by molar-refractivity contribution is -0.143. The molecule has 2 heterocycles. The molecule has 1 aliphatic heterocycles. The van der Waals surface area contributed by atoms with Crippen LogP contribution in [0.2, 0.25) is 0 Å². The van der Waals surface area contributed by atoms with E-state index in [1.165, 1.54) is 0 Å². The number of amides is 2. The van der Waals surface area contributed by atoms with E-state index in [0.717, 1.165) is 29.1 Å². The number of carbonyl (C=O) groups excluding carboxylic acids is 2. The first-order chi connectivity index (χ1) is 12.6. The van der Waals surface area contributed by atoms with E-state index in [2.05, 4.69) is 15.2 Å². The molecular weight excluding hydrogens is 328 g/mol. The molecule has 1 N–H and O–H groups in total. The highest BCUT2D eigenvalue weighted by Crippen LogP contribution is 2.21. The Morgan fingerprint density at radius 2 is 1.85 bits per heavy atom. The number of para-hydroxylation sites is 1. The van der Waals surface area contributed by atoms with Gasteiger partial charge >= 0.3 is 11.8 Å². The second kappa shape index (κ2) is 7.99. The molecule has 136 valence electrons. The first-order valence-electron chi connectivity index (χ1n) is 8.95. The Hall–Kier alpha value is -2.89. The van der Waals surface area contributed by atoms with Gasteiger partial charge in [0.25, 0.3) is 0 Å². The molecule has 0 radical (unpaired) electrons. The van der Waals surface area contributed by atoms with E-state index in [0.29, 0.717) is 26.2 Å². The zero-order chi connectivity index (χ0) is 18.5. The number of nitrogens with one attached hydrogen (secondary N) is 1. The number of hydrogen-bond acceptors (Lipinski definition) is 4. The van der Waals surface area contributed by atoms with Crippen LogP contribution in [0.25, 0.3) is 0 Å². The Labute approximate surface area is 153 Å². The fourth-order valence-corrected chi connectivity index (χ4v) is 3.19. The van der Waals surface area contributed by atoms with Gasteiger partial charge in [-0.3, -0.25) is 9.59 Å². The van der Waals surface area contributed by atoms with Crippen LogP contribution in [0.15, 0.2) is 42.6 Å². The maximum absolute atomic E-state index is 12.5. The van der Waals surface area contributed by atoms with Crippen LogP contribution in [0.1, 0.15) is 18.1 Å². The van der Waals surface area contributed by atoms with Crippen molar-refractivity contribution in [2.24, 2.45) is 0 Å². The molecule has 3 rings (SSSR count). The maximum atomic E-state index is 12.5. The fraction of sp³-hybridized carbons (Fsp3) is 0.350. The van der Waals surface area contributed by atoms with Crippen molar-refractivity contribution in [2.75, 3.05) is 36.4 Å². The molecule has 0 spiro atoms. The second-order valence-corrected chi connectivity index (χ2v) is 6.38. The first-order valence-corrected chi connectivity index (χ1v) is 8.95. The second-order valence-electron chi connectivity index (χ2n) is 6.38. The summed E-state index contributed by atoms with van der Waals surface area (Å²) in [6, 6.07) is 11.6. The van der Waals surface area contributed by atoms with Gasteiger partial charge in [-0.05, 0) is 36.6 Å². The number of rotatable bonds is 3. The minimum atomic E-state index is -0.569. The van der Waals surface area contributed by atoms with E-state index < -0.39 is 11.8 Å². The van der Waals surface area contributed by atoms with Crippen LogP contribution >= 0.6 is 0 Å². The van der Waals surface area contributed by atoms with Crippen molar-refractivity contribution in [1.29, 1.82) is 0 Å². The van der Waals surface area contributed by atoms with Crippen molar-refractivity contribution >= 4 is 23.3 Å². The quantitative estimate of drug-likeness (QED) is 0.861. The number of aryl methyl sites for hydroxylation is 2. The molecular formula is C20H24N4O2. The summed E-state index contributed by atoms with van der Waals surface area (Å²) >= 11 is 0. The van der Waals surface area contributed by atoms with Crippen LogP contribution < -0.4 is 10.2 Å². The highest BCUT2D eigenvalue weighted by molar-refractivity contribution is 6.39. The SMILES string of the molecule is CCc1cccc(C)c1NC(=O)C(=O)N1CCN(c2ccccn2)CC1. The van der Waals surface area contributed by atoms with Gasteiger partial charge in [0.1, 0.15) is 5.82 Å². The molecule has 1 saturated heterocycles. The standard InChI is InChI=1S/C20H24N4O2/c1-3-16-8-6-7-15(2)18(16)22-19(25)20(26)24-13-11-23(12-14-24)17-9-4-5-10-21-17/h4-10H,3,11-14H2,1-2H3,(H,22,25). The van der Waals surface area contributed by atoms with Gasteiger partial charge < -0.3 is 15.1 Å². The lowest BCUT2D eigenvalue weighted by atomic mass is 10.1. The molecule has 6 heteroatoms. The number of piperazine rings is 1. The predicted molar refractivity (Wildman–Crippen MR) is 102 cm³/mol. The van der Waals surface area contributed by atoms with Crippen LogP contribution in [0.3, 0.4) is 0 Å². The van der Waals surface area contributed by atoms with Gasteiger partial charge in [0.05, 0.1) is 0 Å². The maximum Gasteiger partial charge on any atom is 0.313 e. The normalized spacial score (nSPS) is 14.2. The summed E-state index contributed by atoms with van der Waals surface area (Å²) in [6.45, 7) is 6.32. The molecule has 0 bridgehead atoms. The summed E-state index contributed by atoms with van der Waals surface area (Å²) in [5.74, 6) is -0.146. The largest absolute Gasteiger partial charge is 0.353 e. The molecule has 1 aliphatic rings. The van der Waals surface area contributed by atoms with Crippen molar-refractivity contribution in [2.45, 2.75) is 20.3 Å². The van der Waals surface area contributed by atoms with Crippen molar-refractivity contribution in [3.63, 3.8) is 0 Å². The smallest absolute Gasteiger partial charge is 0.313 e. The van der Waals surface area contributed by atoms with Crippen molar-refractivity contribution in [3.8, 4) is 0 Å². The van der Waals surface area contributed by atoms with Crippen LogP contribution in [0, 0.1) is 6.92 Å². The number of aromatic nitrogens is 1. The Kier molecular flexibility index (Phi) is 5.51. The number of benzene rings is 1. The number of hydrogen-bond donors (Lipinski definition) is 1. The van der Waals surface area contributed by atoms with Crippen LogP contribution in [0.4, 0.5) is 11.5 Å². The van der Waals surface area contributed by atoms with Gasteiger partial charge in [-0.25, -0.2) is 4.98 Å². The molecule has 6 nitrogen and oxygen atoms in total. The third-order valence-electron chi connectivity index (χ3n) is 4.71. The lowest BCUT2D eigenvalue weighted by Crippen LogP contribution is -2.51. The monoisotopic (exact) mass is 352 g/mol. The summed E-state index contributed by atoms with van der Waals surface area (Å²) in [5, 5.41) is 2.81. The third-order valence-corrected chi connectivity index (χ3v) is 4.71. The van der Waals surface area contributed by atoms with E-state index in [4.69, 9.17) is 0 Å². The average molecular weight is 352 g/mol. The molecule has 0 aliphatic carbocycles. The van der Waals surface area contributed by atoms with Crippen molar-refractivity contribution < 1.29 is 9.59 Å². The number of nitrogens with zero attached hydrogens (tertiary/aromatic N) is 3. The van der Waals surface area contributed by atoms with Gasteiger partial charge in [-0.15, -0.1) is 0 Å². The van der Waals surface area contributed by atoms with Crippen LogP contribution in [0.5, 0.6) is 0 Å². The lowest BCUT2D eigenvalue weighted by Gasteiger charge is -2.35. The zero-order valence-corrected chi connectivity index (χ0v) is 15.2. The van der Waals surface area contributed by atoms with Crippen molar-refractivity contribution in [1.82, 2.24) is 9.88 Å². The minimum absolute atomic E-state index is 0.476. The summed E-state index contributed by atoms with van der Waals surface area (Å²) in [7, 11) is 0. The van der Waals surface area contributed by atoms with E-state index in [-0.39, 0.29) is 0 Å². The molecule has 2 amide bonds. The summed E-state index contributed by atoms with van der Waals surface area (Å²) in [6.07, 6.45) is 2.56. The van der Waals surface area contributed by atoms with Gasteiger partial charge in [0.15, 0.2) is 0 Å². The van der Waals surface area contributed by atoms with Gasteiger partial charge in [-0.1, -0.05) is 31.2 Å². The predicted octanol–water partition coefficient (Wildman–Crippen LogP) is 2.24. The first kappa shape index (κ1) is 17.9. The summed E-state index contributed by atoms with van der Waals surface area (Å²) in [4.78, 5) is 33.1. The summed E-state index contributed by atoms with van der Waals surface area (Å²) in [5.41, 5.74) is 2.75. The average Bonchev–Trinajstić information content (AvgIpc) is 2.69. The van der Waals surface area contributed by atoms with Crippen LogP contribution in [-0.4, -0.2) is 47.9 Å². The Morgan fingerprint density at radius 1 is 1.08 bits per heavy atom. The van der Waals surface area contributed by atoms with Gasteiger partial charge in [0.2, 0.25) is 0 Å². The minimum Gasteiger partial charge on any atom is -0.353 e. The third kappa shape index (κ3) is 3.85. The number of pyridine rings is 1. The molecule has 0 unspecified atom stereocenters. The molecule has 1 aromatic heterocycles. The van der Waals surface area contributed by atoms with Gasteiger partial charge in [-0.2, -0.15) is 0 Å². The molecule has 2 aromatic rings. The molecule has 0 saturated carbocycles. The summed E-state index contributed by atoms with van der Waals surface area (Å²) < 4.78 is 0. The Bertz CT molecular complexity index is 784. The Balaban J connectivity index is 1.61. The molecule has 1 fully saturated rings. The number of carbonyl (C=O) groups is 2. The highest BCUT2D eigenvalue weighted by Gasteiger charge is 2.27. The number of anilines is 2. The molecule has 26 heavy (non-hydrogen) atoms. The van der Waals surface area contributed by atoms with E-state index >= 15 is 0 Å². The van der Waals surface area contributed by atoms with E-state index in [1.54, 1.807) is 11.1 Å². The Morgan fingerprint density at radius 3 is 2.50 bits per heavy atom. The topological polar surface area (TPSA) is 65.5 Å². The van der Waals surface area contributed by atoms with E-state index in [1.807, 2.05) is 50.2 Å². The molecule has 1 aromatic carbocycles. The van der Waals surface area contributed by atoms with Gasteiger partial charge in [0, 0.05) is 38.1 Å².